The van der Waals surface area contributed by atoms with E-state index in [0.717, 1.165) is 16.9 Å². The normalized spacial score (nSPS) is 14.4. The Hall–Kier alpha value is -4.24. The molecule has 0 aromatic heterocycles. The van der Waals surface area contributed by atoms with Crippen molar-refractivity contribution in [2.24, 2.45) is 0 Å². The van der Waals surface area contributed by atoms with Gasteiger partial charge in [-0.25, -0.2) is 10.3 Å². The first kappa shape index (κ1) is 28.8. The van der Waals surface area contributed by atoms with E-state index in [2.05, 4.69) is 11.3 Å². The number of methoxy groups -OCH3 is 1. The molecule has 1 unspecified atom stereocenters. The molecule has 3 aromatic carbocycles. The fraction of sp³-hybridized carbons (Fsp3) is 0.267. The van der Waals surface area contributed by atoms with Gasteiger partial charge >= 0.3 is 0 Å². The Morgan fingerprint density at radius 3 is 2.65 bits per heavy atom. The highest BCUT2D eigenvalue weighted by atomic mass is 32.2. The van der Waals surface area contributed by atoms with Crippen LogP contribution in [0.25, 0.3) is 0 Å². The van der Waals surface area contributed by atoms with Gasteiger partial charge in [-0.2, -0.15) is 0 Å². The smallest absolute Gasteiger partial charge is 0.251 e. The third-order valence-electron chi connectivity index (χ3n) is 6.37. The van der Waals surface area contributed by atoms with Crippen molar-refractivity contribution in [3.8, 4) is 11.5 Å². The lowest BCUT2D eigenvalue weighted by Crippen LogP contribution is -2.26. The molecule has 1 fully saturated rings. The minimum absolute atomic E-state index is 0.120. The molecule has 208 valence electrons. The fourth-order valence-corrected chi connectivity index (χ4v) is 5.58. The zero-order valence-corrected chi connectivity index (χ0v) is 22.9. The van der Waals surface area contributed by atoms with E-state index < -0.39 is 5.91 Å². The molecule has 0 radical (unpaired) electrons. The number of nitrogens with zero attached hydrogens (tertiary/aromatic N) is 1. The van der Waals surface area contributed by atoms with E-state index in [4.69, 9.17) is 14.7 Å². The number of hydrogen-bond acceptors (Lipinski definition) is 8. The van der Waals surface area contributed by atoms with Crippen LogP contribution in [0.2, 0.25) is 0 Å². The van der Waals surface area contributed by atoms with Gasteiger partial charge in [0.25, 0.3) is 5.91 Å². The molecule has 1 atom stereocenters. The number of rotatable bonds is 12. The Bertz CT molecular complexity index is 1370. The summed E-state index contributed by atoms with van der Waals surface area (Å²) in [5, 5.41) is 11.4. The number of amides is 2. The maximum absolute atomic E-state index is 13.0. The maximum Gasteiger partial charge on any atom is 0.251 e. The summed E-state index contributed by atoms with van der Waals surface area (Å²) in [6, 6.07) is 22.5. The van der Waals surface area contributed by atoms with E-state index in [9.17, 15) is 14.4 Å². The quantitative estimate of drug-likeness (QED) is 0.130. The lowest BCUT2D eigenvalue weighted by molar-refractivity contribution is -0.129. The summed E-state index contributed by atoms with van der Waals surface area (Å²) in [6.45, 7) is 0.741. The second kappa shape index (κ2) is 14.2. The van der Waals surface area contributed by atoms with Crippen LogP contribution < -0.4 is 25.2 Å². The Balaban J connectivity index is 1.46. The molecule has 0 aliphatic carbocycles. The van der Waals surface area contributed by atoms with Crippen molar-refractivity contribution < 1.29 is 29.1 Å². The highest BCUT2D eigenvalue weighted by Crippen LogP contribution is 2.48. The van der Waals surface area contributed by atoms with E-state index >= 15 is 0 Å². The first-order valence-corrected chi connectivity index (χ1v) is 13.9. The summed E-state index contributed by atoms with van der Waals surface area (Å²) in [5.41, 5.74) is 5.27. The second-order valence-electron chi connectivity index (χ2n) is 9.02. The molecule has 0 spiro atoms. The number of para-hydroxylation sites is 2. The second-order valence-corrected chi connectivity index (χ2v) is 10.1. The van der Waals surface area contributed by atoms with Gasteiger partial charge in [0.1, 0.15) is 28.5 Å². The Labute approximate surface area is 237 Å². The molecule has 9 nitrogen and oxygen atoms in total. The molecule has 1 saturated heterocycles. The van der Waals surface area contributed by atoms with E-state index in [1.165, 1.54) is 0 Å². The third kappa shape index (κ3) is 7.24. The van der Waals surface area contributed by atoms with Crippen LogP contribution in [-0.2, 0) is 16.0 Å². The van der Waals surface area contributed by atoms with E-state index in [0.29, 0.717) is 47.8 Å². The van der Waals surface area contributed by atoms with Crippen LogP contribution in [0.5, 0.6) is 11.5 Å². The Kier molecular flexibility index (Phi) is 10.2. The van der Waals surface area contributed by atoms with Gasteiger partial charge < -0.3 is 19.7 Å². The summed E-state index contributed by atoms with van der Waals surface area (Å²) in [7, 11) is 1.63. The van der Waals surface area contributed by atoms with E-state index in [1.807, 2.05) is 65.6 Å². The third-order valence-corrected chi connectivity index (χ3v) is 7.61. The number of anilines is 1. The van der Waals surface area contributed by atoms with Crippen molar-refractivity contribution in [2.45, 2.75) is 24.6 Å². The average molecular weight is 562 g/mol. The van der Waals surface area contributed by atoms with Crippen LogP contribution in [0.4, 0.5) is 5.69 Å². The van der Waals surface area contributed by atoms with Crippen molar-refractivity contribution in [2.75, 3.05) is 30.9 Å². The summed E-state index contributed by atoms with van der Waals surface area (Å²) >= 11 is 1.56. The summed E-state index contributed by atoms with van der Waals surface area (Å²) < 4.78 is 11.1. The van der Waals surface area contributed by atoms with Crippen LogP contribution in [0.3, 0.4) is 0 Å². The molecule has 3 aromatic rings. The number of carbonyl (C=O) groups excluding carboxylic acids is 3. The van der Waals surface area contributed by atoms with Crippen molar-refractivity contribution in [1.29, 1.82) is 0 Å². The van der Waals surface area contributed by atoms with Gasteiger partial charge in [0.2, 0.25) is 5.91 Å². The van der Waals surface area contributed by atoms with E-state index in [1.54, 1.807) is 36.5 Å². The summed E-state index contributed by atoms with van der Waals surface area (Å²) in [5.74, 6) is 3.21. The number of ether oxygens (including phenoxy) is 2. The molecule has 0 bridgehead atoms. The van der Waals surface area contributed by atoms with Gasteiger partial charge in [-0.05, 0) is 60.4 Å². The number of hydrogen-bond donors (Lipinski definition) is 3. The van der Waals surface area contributed by atoms with E-state index in [-0.39, 0.29) is 24.3 Å². The molecule has 0 saturated carbocycles. The van der Waals surface area contributed by atoms with Crippen molar-refractivity contribution in [3.05, 3.63) is 95.2 Å². The molecule has 3 N–H and O–H groups in total. The lowest BCUT2D eigenvalue weighted by atomic mass is 10.1. The topological polar surface area (TPSA) is 117 Å². The van der Waals surface area contributed by atoms with Crippen molar-refractivity contribution in [3.63, 3.8) is 0 Å². The maximum atomic E-state index is 13.0. The minimum atomic E-state index is -0.483. The standard InChI is InChI=1S/C30H31N3O6S/c1-38-25-13-11-21(12-14-25)15-16-31-29(36)22-6-4-7-23(18-22)30-33(24(19-34)20-40-30)26-8-2-3-9-27(26)39-17-5-10-28(35)32-37/h2-4,6-9,11-14,18,30,37H,5,10,15-17,20H2,1H3,(H,31,36)(H,32,35). The molecular weight excluding hydrogens is 530 g/mol. The Morgan fingerprint density at radius 2 is 1.90 bits per heavy atom. The predicted octanol–water partition coefficient (Wildman–Crippen LogP) is 4.30. The monoisotopic (exact) mass is 561 g/mol. The highest BCUT2D eigenvalue weighted by molar-refractivity contribution is 8.00. The van der Waals surface area contributed by atoms with Crippen LogP contribution in [0.1, 0.15) is 39.7 Å². The summed E-state index contributed by atoms with van der Waals surface area (Å²) in [4.78, 5) is 38.0. The molecule has 2 amide bonds. The molecule has 1 aliphatic rings. The fourth-order valence-electron chi connectivity index (χ4n) is 4.34. The van der Waals surface area contributed by atoms with Crippen molar-refractivity contribution in [1.82, 2.24) is 10.8 Å². The lowest BCUT2D eigenvalue weighted by Gasteiger charge is -2.28. The van der Waals surface area contributed by atoms with Crippen LogP contribution in [0.15, 0.2) is 78.5 Å². The number of benzene rings is 3. The largest absolute Gasteiger partial charge is 0.497 e. The molecule has 1 heterocycles. The van der Waals surface area contributed by atoms with Gasteiger partial charge in [0.15, 0.2) is 0 Å². The number of carbonyl (C=O) groups is 2. The number of thioether (sulfide) groups is 1. The average Bonchev–Trinajstić information content (AvgIpc) is 3.44. The van der Waals surface area contributed by atoms with Gasteiger partial charge in [-0.3, -0.25) is 14.8 Å². The van der Waals surface area contributed by atoms with Crippen LogP contribution in [-0.4, -0.2) is 49.0 Å². The highest BCUT2D eigenvalue weighted by Gasteiger charge is 2.34. The Morgan fingerprint density at radius 1 is 1.10 bits per heavy atom. The van der Waals surface area contributed by atoms with Gasteiger partial charge in [-0.1, -0.05) is 36.4 Å². The van der Waals surface area contributed by atoms with Gasteiger partial charge in [0, 0.05) is 24.3 Å². The molecule has 4 rings (SSSR count). The summed E-state index contributed by atoms with van der Waals surface area (Å²) in [6.07, 6.45) is 1.22. The number of hydroxylamine groups is 1. The zero-order chi connectivity index (χ0) is 28.3. The van der Waals surface area contributed by atoms with Crippen LogP contribution >= 0.6 is 11.8 Å². The molecule has 10 heteroatoms. The molecule has 40 heavy (non-hydrogen) atoms. The first-order valence-electron chi connectivity index (χ1n) is 12.8. The SMILES string of the molecule is COc1ccc(CCNC(=O)c2cccc(C3SCC(=C=O)N3c3ccccc3OCCCC(=O)NO)c2)cc1. The van der Waals surface area contributed by atoms with Crippen molar-refractivity contribution >= 4 is 35.2 Å². The molecule has 1 aliphatic heterocycles. The minimum Gasteiger partial charge on any atom is -0.497 e. The zero-order valence-electron chi connectivity index (χ0n) is 22.1. The van der Waals surface area contributed by atoms with Crippen LogP contribution in [0, 0.1) is 0 Å². The predicted molar refractivity (Wildman–Crippen MR) is 153 cm³/mol. The first-order chi connectivity index (χ1) is 19.5. The molecular formula is C30H31N3O6S. The number of nitrogens with one attached hydrogen (secondary N) is 2. The van der Waals surface area contributed by atoms with Gasteiger partial charge in [-0.15, -0.1) is 11.8 Å². The van der Waals surface area contributed by atoms with Gasteiger partial charge in [0.05, 0.1) is 19.4 Å².